The molecule has 1 aromatic rings. The van der Waals surface area contributed by atoms with Crippen LogP contribution >= 0.6 is 0 Å². The molecule has 0 aromatic heterocycles. The van der Waals surface area contributed by atoms with Crippen molar-refractivity contribution in [1.82, 2.24) is 0 Å². The SMILES string of the molecule is O=C([O-])CC[C@H]1CC[C@@H](c2cc(C(F)(F)F)cc(C(F)(F)F)c2)O1. The lowest BCUT2D eigenvalue weighted by molar-refractivity contribution is -0.306. The molecular formula is C15H13F6O3-. The summed E-state index contributed by atoms with van der Waals surface area (Å²) in [5, 5.41) is 10.4. The van der Waals surface area contributed by atoms with Crippen molar-refractivity contribution in [2.45, 2.75) is 50.2 Å². The van der Waals surface area contributed by atoms with E-state index < -0.39 is 41.7 Å². The van der Waals surface area contributed by atoms with Crippen molar-refractivity contribution in [2.75, 3.05) is 0 Å². The first-order chi connectivity index (χ1) is 11.0. The highest BCUT2D eigenvalue weighted by Gasteiger charge is 2.38. The minimum atomic E-state index is -4.91. The fourth-order valence-electron chi connectivity index (χ4n) is 2.61. The summed E-state index contributed by atoms with van der Waals surface area (Å²) in [5.41, 5.74) is -3.00. The van der Waals surface area contributed by atoms with Gasteiger partial charge in [0.2, 0.25) is 0 Å². The molecule has 0 radical (unpaired) electrons. The Hall–Kier alpha value is -1.77. The fourth-order valence-corrected chi connectivity index (χ4v) is 2.61. The fraction of sp³-hybridized carbons (Fsp3) is 0.533. The van der Waals surface area contributed by atoms with Crippen molar-refractivity contribution in [3.05, 3.63) is 34.9 Å². The number of benzene rings is 1. The predicted octanol–water partition coefficient (Wildman–Crippen LogP) is 3.47. The molecule has 134 valence electrons. The van der Waals surface area contributed by atoms with Gasteiger partial charge in [0.1, 0.15) is 0 Å². The molecule has 0 amide bonds. The maximum atomic E-state index is 12.8. The van der Waals surface area contributed by atoms with Crippen LogP contribution in [0.2, 0.25) is 0 Å². The van der Waals surface area contributed by atoms with Crippen LogP contribution in [0.5, 0.6) is 0 Å². The van der Waals surface area contributed by atoms with Crippen molar-refractivity contribution in [2.24, 2.45) is 0 Å². The Morgan fingerprint density at radius 2 is 1.58 bits per heavy atom. The van der Waals surface area contributed by atoms with Gasteiger partial charge in [-0.3, -0.25) is 0 Å². The average Bonchev–Trinajstić information content (AvgIpc) is 2.91. The summed E-state index contributed by atoms with van der Waals surface area (Å²) in [4.78, 5) is 10.4. The summed E-state index contributed by atoms with van der Waals surface area (Å²) in [6.45, 7) is 0. The van der Waals surface area contributed by atoms with Gasteiger partial charge in [-0.15, -0.1) is 0 Å². The third kappa shape index (κ3) is 4.62. The van der Waals surface area contributed by atoms with Crippen LogP contribution in [0.4, 0.5) is 26.3 Å². The highest BCUT2D eigenvalue weighted by molar-refractivity contribution is 5.64. The lowest BCUT2D eigenvalue weighted by Gasteiger charge is -2.18. The van der Waals surface area contributed by atoms with Gasteiger partial charge in [0, 0.05) is 5.97 Å². The molecule has 1 saturated heterocycles. The number of alkyl halides is 6. The molecule has 0 unspecified atom stereocenters. The monoisotopic (exact) mass is 355 g/mol. The molecule has 0 spiro atoms. The van der Waals surface area contributed by atoms with Crippen molar-refractivity contribution in [1.29, 1.82) is 0 Å². The zero-order valence-corrected chi connectivity index (χ0v) is 12.2. The summed E-state index contributed by atoms with van der Waals surface area (Å²) in [5.74, 6) is -1.29. The van der Waals surface area contributed by atoms with Crippen molar-refractivity contribution in [3.63, 3.8) is 0 Å². The van der Waals surface area contributed by atoms with Crippen LogP contribution in [0.3, 0.4) is 0 Å². The van der Waals surface area contributed by atoms with Crippen LogP contribution < -0.4 is 5.11 Å². The Bertz CT molecular complexity index is 576. The molecule has 2 rings (SSSR count). The van der Waals surface area contributed by atoms with E-state index in [9.17, 15) is 36.2 Å². The van der Waals surface area contributed by atoms with Gasteiger partial charge < -0.3 is 14.6 Å². The summed E-state index contributed by atoms with van der Waals surface area (Å²) < 4.78 is 82.4. The van der Waals surface area contributed by atoms with E-state index in [1.807, 2.05) is 0 Å². The number of carbonyl (C=O) groups is 1. The first-order valence-corrected chi connectivity index (χ1v) is 7.11. The number of hydrogen-bond donors (Lipinski definition) is 0. The smallest absolute Gasteiger partial charge is 0.416 e. The van der Waals surface area contributed by atoms with E-state index in [-0.39, 0.29) is 30.9 Å². The quantitative estimate of drug-likeness (QED) is 0.777. The third-order valence-electron chi connectivity index (χ3n) is 3.76. The number of halogens is 6. The Morgan fingerprint density at radius 1 is 1.04 bits per heavy atom. The number of carboxylic acids is 1. The minimum absolute atomic E-state index is 0.0615. The van der Waals surface area contributed by atoms with Crippen LogP contribution in [0.15, 0.2) is 18.2 Å². The molecule has 0 bridgehead atoms. The molecule has 0 N–H and O–H groups in total. The van der Waals surface area contributed by atoms with Gasteiger partial charge in [-0.05, 0) is 49.4 Å². The molecule has 1 heterocycles. The van der Waals surface area contributed by atoms with Crippen LogP contribution in [-0.4, -0.2) is 12.1 Å². The molecule has 2 atom stereocenters. The summed E-state index contributed by atoms with van der Waals surface area (Å²) >= 11 is 0. The molecule has 1 aromatic carbocycles. The summed E-state index contributed by atoms with van der Waals surface area (Å²) in [7, 11) is 0. The van der Waals surface area contributed by atoms with Crippen molar-refractivity contribution in [3.8, 4) is 0 Å². The van der Waals surface area contributed by atoms with Crippen molar-refractivity contribution < 1.29 is 41.0 Å². The minimum Gasteiger partial charge on any atom is -0.550 e. The largest absolute Gasteiger partial charge is 0.550 e. The van der Waals surface area contributed by atoms with E-state index >= 15 is 0 Å². The normalized spacial score (nSPS) is 21.9. The number of ether oxygens (including phenoxy) is 1. The standard InChI is InChI=1S/C15H14F6O3/c16-14(17,18)9-5-8(6-10(7-9)15(19,20)21)12-3-1-11(24-12)2-4-13(22)23/h5-7,11-12H,1-4H2,(H,22,23)/p-1/t11-,12+/m1/s1. The second-order valence-corrected chi connectivity index (χ2v) is 5.57. The van der Waals surface area contributed by atoms with E-state index in [0.29, 0.717) is 18.6 Å². The molecule has 0 aliphatic carbocycles. The van der Waals surface area contributed by atoms with Gasteiger partial charge in [-0.1, -0.05) is 0 Å². The number of carbonyl (C=O) groups excluding carboxylic acids is 1. The molecule has 3 nitrogen and oxygen atoms in total. The Labute approximate surface area is 133 Å². The highest BCUT2D eigenvalue weighted by Crippen LogP contribution is 2.41. The van der Waals surface area contributed by atoms with Crippen LogP contribution in [0.25, 0.3) is 0 Å². The second-order valence-electron chi connectivity index (χ2n) is 5.57. The van der Waals surface area contributed by atoms with E-state index in [4.69, 9.17) is 4.74 Å². The Balaban J connectivity index is 2.25. The van der Waals surface area contributed by atoms with E-state index in [0.717, 1.165) is 0 Å². The van der Waals surface area contributed by atoms with E-state index in [1.165, 1.54) is 0 Å². The number of rotatable bonds is 4. The van der Waals surface area contributed by atoms with Gasteiger partial charge in [-0.25, -0.2) is 0 Å². The zero-order valence-electron chi connectivity index (χ0n) is 12.2. The highest BCUT2D eigenvalue weighted by atomic mass is 19.4. The van der Waals surface area contributed by atoms with E-state index in [1.54, 1.807) is 0 Å². The predicted molar refractivity (Wildman–Crippen MR) is 67.5 cm³/mol. The Kier molecular flexibility index (Phi) is 5.12. The van der Waals surface area contributed by atoms with Gasteiger partial charge in [0.15, 0.2) is 0 Å². The molecular weight excluding hydrogens is 342 g/mol. The second kappa shape index (κ2) is 6.62. The molecule has 0 saturated carbocycles. The maximum Gasteiger partial charge on any atom is 0.416 e. The van der Waals surface area contributed by atoms with E-state index in [2.05, 4.69) is 0 Å². The number of hydrogen-bond acceptors (Lipinski definition) is 3. The number of carboxylic acid groups (broad SMARTS) is 1. The Morgan fingerprint density at radius 3 is 2.04 bits per heavy atom. The summed E-state index contributed by atoms with van der Waals surface area (Å²) in [6, 6.07) is 1.34. The molecule has 9 heteroatoms. The molecule has 1 aliphatic heterocycles. The van der Waals surface area contributed by atoms with Gasteiger partial charge >= 0.3 is 12.4 Å². The van der Waals surface area contributed by atoms with Crippen LogP contribution in [0, 0.1) is 0 Å². The topological polar surface area (TPSA) is 49.4 Å². The van der Waals surface area contributed by atoms with Gasteiger partial charge in [-0.2, -0.15) is 26.3 Å². The number of aliphatic carboxylic acids is 1. The van der Waals surface area contributed by atoms with Crippen LogP contribution in [-0.2, 0) is 21.9 Å². The molecule has 1 fully saturated rings. The summed E-state index contributed by atoms with van der Waals surface area (Å²) in [6.07, 6.45) is -10.9. The lowest BCUT2D eigenvalue weighted by Crippen LogP contribution is -2.23. The average molecular weight is 355 g/mol. The first kappa shape index (κ1) is 18.6. The zero-order chi connectivity index (χ0) is 18.1. The van der Waals surface area contributed by atoms with Gasteiger partial charge in [0.25, 0.3) is 0 Å². The van der Waals surface area contributed by atoms with Gasteiger partial charge in [0.05, 0.1) is 23.3 Å². The van der Waals surface area contributed by atoms with Crippen molar-refractivity contribution >= 4 is 5.97 Å². The molecule has 1 aliphatic rings. The molecule has 24 heavy (non-hydrogen) atoms. The lowest BCUT2D eigenvalue weighted by atomic mass is 9.99. The first-order valence-electron chi connectivity index (χ1n) is 7.11. The van der Waals surface area contributed by atoms with Crippen LogP contribution in [0.1, 0.15) is 48.5 Å². The maximum absolute atomic E-state index is 12.8. The third-order valence-corrected chi connectivity index (χ3v) is 3.76.